The fraction of sp³-hybridized carbons (Fsp3) is 0.360. The van der Waals surface area contributed by atoms with Crippen molar-refractivity contribution in [3.8, 4) is 0 Å². The average Bonchev–Trinajstić information content (AvgIpc) is 2.91. The van der Waals surface area contributed by atoms with Gasteiger partial charge in [0.1, 0.15) is 0 Å². The van der Waals surface area contributed by atoms with Crippen molar-refractivity contribution in [3.05, 3.63) is 83.3 Å². The van der Waals surface area contributed by atoms with Gasteiger partial charge in [0.15, 0.2) is 5.82 Å². The monoisotopic (exact) mass is 413 g/mol. The molecule has 1 spiro atoms. The fourth-order valence-corrected chi connectivity index (χ4v) is 4.89. The van der Waals surface area contributed by atoms with Gasteiger partial charge in [-0.15, -0.1) is 5.10 Å². The Hall–Kier alpha value is -3.28. The molecule has 0 aliphatic carbocycles. The normalized spacial score (nSPS) is 18.0. The molecule has 1 aromatic carbocycles. The molecule has 0 N–H and O–H groups in total. The number of carbonyl (C=O) groups excluding carboxylic acids is 1. The lowest BCUT2D eigenvalue weighted by Crippen LogP contribution is -2.50. The minimum Gasteiger partial charge on any atom is -0.355 e. The van der Waals surface area contributed by atoms with Crippen molar-refractivity contribution in [1.82, 2.24) is 20.1 Å². The third-order valence-electron chi connectivity index (χ3n) is 6.70. The van der Waals surface area contributed by atoms with Crippen molar-refractivity contribution < 1.29 is 4.79 Å². The minimum atomic E-state index is -0.367. The standard InChI is InChI=1S/C25H27N5O/c1-19-6-7-23(28-27-19)29-14-10-25(11-15-29)16-21-4-2-3-5-22(21)18-30(24(25)31)17-20-8-12-26-13-9-20/h2-9,12-13H,10-11,14-18H2,1H3. The molecule has 0 radical (unpaired) electrons. The summed E-state index contributed by atoms with van der Waals surface area (Å²) in [6, 6.07) is 16.5. The van der Waals surface area contributed by atoms with Gasteiger partial charge in [-0.25, -0.2) is 0 Å². The van der Waals surface area contributed by atoms with Gasteiger partial charge in [-0.3, -0.25) is 9.78 Å². The van der Waals surface area contributed by atoms with E-state index in [4.69, 9.17) is 0 Å². The Morgan fingerprint density at radius 3 is 2.39 bits per heavy atom. The van der Waals surface area contributed by atoms with Gasteiger partial charge < -0.3 is 9.80 Å². The number of hydrogen-bond donors (Lipinski definition) is 0. The number of aryl methyl sites for hydroxylation is 1. The highest BCUT2D eigenvalue weighted by atomic mass is 16.2. The molecule has 5 rings (SSSR count). The van der Waals surface area contributed by atoms with Gasteiger partial charge in [0.05, 0.1) is 11.1 Å². The van der Waals surface area contributed by atoms with Gasteiger partial charge in [0.2, 0.25) is 5.91 Å². The molecular weight excluding hydrogens is 386 g/mol. The Morgan fingerprint density at radius 1 is 0.935 bits per heavy atom. The predicted molar refractivity (Wildman–Crippen MR) is 119 cm³/mol. The number of fused-ring (bicyclic) bond motifs is 1. The molecule has 1 saturated heterocycles. The van der Waals surface area contributed by atoms with E-state index in [2.05, 4.69) is 44.3 Å². The van der Waals surface area contributed by atoms with E-state index in [1.807, 2.05) is 36.1 Å². The quantitative estimate of drug-likeness (QED) is 0.657. The Kier molecular flexibility index (Phi) is 5.14. The summed E-state index contributed by atoms with van der Waals surface area (Å²) in [6.45, 7) is 4.85. The molecular formula is C25H27N5O. The van der Waals surface area contributed by atoms with E-state index >= 15 is 0 Å². The smallest absolute Gasteiger partial charge is 0.229 e. The fourth-order valence-electron chi connectivity index (χ4n) is 4.89. The molecule has 2 aliphatic heterocycles. The van der Waals surface area contributed by atoms with E-state index in [0.29, 0.717) is 13.1 Å². The van der Waals surface area contributed by atoms with Crippen molar-refractivity contribution in [2.24, 2.45) is 5.41 Å². The molecule has 3 aromatic rings. The molecule has 1 fully saturated rings. The van der Waals surface area contributed by atoms with Crippen LogP contribution in [-0.2, 0) is 24.3 Å². The first kappa shape index (κ1) is 19.7. The van der Waals surface area contributed by atoms with Gasteiger partial charge in [0.25, 0.3) is 0 Å². The maximum atomic E-state index is 13.9. The first-order valence-electron chi connectivity index (χ1n) is 10.9. The number of anilines is 1. The lowest BCUT2D eigenvalue weighted by molar-refractivity contribution is -0.144. The average molecular weight is 414 g/mol. The molecule has 6 nitrogen and oxygen atoms in total. The molecule has 158 valence electrons. The Labute approximate surface area is 182 Å². The van der Waals surface area contributed by atoms with E-state index in [0.717, 1.165) is 49.4 Å². The molecule has 0 atom stereocenters. The number of carbonyl (C=O) groups is 1. The van der Waals surface area contributed by atoms with Crippen molar-refractivity contribution in [3.63, 3.8) is 0 Å². The van der Waals surface area contributed by atoms with E-state index < -0.39 is 0 Å². The van der Waals surface area contributed by atoms with E-state index in [1.54, 1.807) is 12.4 Å². The number of hydrogen-bond acceptors (Lipinski definition) is 5. The van der Waals surface area contributed by atoms with Crippen LogP contribution in [0.5, 0.6) is 0 Å². The van der Waals surface area contributed by atoms with Crippen LogP contribution in [0.25, 0.3) is 0 Å². The number of benzene rings is 1. The number of piperidine rings is 1. The Bertz CT molecular complexity index is 1060. The molecule has 0 bridgehead atoms. The second kappa shape index (κ2) is 8.10. The van der Waals surface area contributed by atoms with Crippen molar-refractivity contribution in [2.75, 3.05) is 18.0 Å². The summed E-state index contributed by atoms with van der Waals surface area (Å²) >= 11 is 0. The summed E-state index contributed by atoms with van der Waals surface area (Å²) in [4.78, 5) is 22.4. The Balaban J connectivity index is 1.43. The highest BCUT2D eigenvalue weighted by molar-refractivity contribution is 5.84. The lowest BCUT2D eigenvalue weighted by Gasteiger charge is -2.42. The van der Waals surface area contributed by atoms with Crippen LogP contribution in [0, 0.1) is 12.3 Å². The van der Waals surface area contributed by atoms with E-state index in [9.17, 15) is 4.79 Å². The summed E-state index contributed by atoms with van der Waals surface area (Å²) in [7, 11) is 0. The second-order valence-electron chi connectivity index (χ2n) is 8.76. The first-order chi connectivity index (χ1) is 15.1. The van der Waals surface area contributed by atoms with E-state index in [-0.39, 0.29) is 11.3 Å². The molecule has 2 aromatic heterocycles. The zero-order valence-electron chi connectivity index (χ0n) is 17.9. The summed E-state index contributed by atoms with van der Waals surface area (Å²) < 4.78 is 0. The van der Waals surface area contributed by atoms with Crippen LogP contribution in [0.2, 0.25) is 0 Å². The third-order valence-corrected chi connectivity index (χ3v) is 6.70. The molecule has 6 heteroatoms. The zero-order chi connectivity index (χ0) is 21.3. The van der Waals surface area contributed by atoms with Crippen LogP contribution >= 0.6 is 0 Å². The highest BCUT2D eigenvalue weighted by Crippen LogP contribution is 2.41. The molecule has 0 saturated carbocycles. The van der Waals surface area contributed by atoms with Gasteiger partial charge in [-0.2, -0.15) is 5.10 Å². The number of pyridine rings is 1. The van der Waals surface area contributed by atoms with Crippen LogP contribution in [0.3, 0.4) is 0 Å². The van der Waals surface area contributed by atoms with Gasteiger partial charge >= 0.3 is 0 Å². The third kappa shape index (κ3) is 3.90. The second-order valence-corrected chi connectivity index (χ2v) is 8.76. The SMILES string of the molecule is Cc1ccc(N2CCC3(CC2)Cc2ccccc2CN(Cc2ccncc2)C3=O)nn1. The highest BCUT2D eigenvalue weighted by Gasteiger charge is 2.45. The molecule has 31 heavy (non-hydrogen) atoms. The predicted octanol–water partition coefficient (Wildman–Crippen LogP) is 3.55. The number of aromatic nitrogens is 3. The van der Waals surface area contributed by atoms with Gasteiger partial charge in [-0.1, -0.05) is 24.3 Å². The van der Waals surface area contributed by atoms with Crippen molar-refractivity contribution in [1.29, 1.82) is 0 Å². The topological polar surface area (TPSA) is 62.2 Å². The molecule has 1 amide bonds. The Morgan fingerprint density at radius 2 is 1.68 bits per heavy atom. The molecule has 4 heterocycles. The number of rotatable bonds is 3. The maximum absolute atomic E-state index is 13.9. The van der Waals surface area contributed by atoms with Gasteiger partial charge in [-0.05, 0) is 67.1 Å². The van der Waals surface area contributed by atoms with Crippen molar-refractivity contribution in [2.45, 2.75) is 39.3 Å². The summed E-state index contributed by atoms with van der Waals surface area (Å²) in [6.07, 6.45) is 6.04. The van der Waals surface area contributed by atoms with Crippen LogP contribution in [0.1, 0.15) is 35.2 Å². The minimum absolute atomic E-state index is 0.273. The lowest BCUT2D eigenvalue weighted by atomic mass is 9.73. The zero-order valence-corrected chi connectivity index (χ0v) is 17.9. The van der Waals surface area contributed by atoms with Crippen LogP contribution < -0.4 is 4.90 Å². The molecule has 2 aliphatic rings. The number of nitrogens with zero attached hydrogens (tertiary/aromatic N) is 5. The molecule has 0 unspecified atom stereocenters. The number of amides is 1. The van der Waals surface area contributed by atoms with Crippen molar-refractivity contribution >= 4 is 11.7 Å². The maximum Gasteiger partial charge on any atom is 0.229 e. The largest absolute Gasteiger partial charge is 0.355 e. The van der Waals surface area contributed by atoms with E-state index in [1.165, 1.54) is 11.1 Å². The van der Waals surface area contributed by atoms with Crippen LogP contribution in [0.15, 0.2) is 60.9 Å². The van der Waals surface area contributed by atoms with Gasteiger partial charge in [0, 0.05) is 38.6 Å². The summed E-state index contributed by atoms with van der Waals surface area (Å²) in [5, 5.41) is 8.56. The summed E-state index contributed by atoms with van der Waals surface area (Å²) in [5.74, 6) is 1.17. The van der Waals surface area contributed by atoms with Crippen LogP contribution in [-0.4, -0.2) is 39.1 Å². The first-order valence-corrected chi connectivity index (χ1v) is 10.9. The van der Waals surface area contributed by atoms with Crippen LogP contribution in [0.4, 0.5) is 5.82 Å². The summed E-state index contributed by atoms with van der Waals surface area (Å²) in [5.41, 5.74) is 4.23.